The monoisotopic (exact) mass is 265 g/mol. The van der Waals surface area contributed by atoms with E-state index in [0.717, 1.165) is 12.4 Å². The van der Waals surface area contributed by atoms with Crippen molar-refractivity contribution >= 4 is 11.8 Å². The zero-order valence-corrected chi connectivity index (χ0v) is 11.4. The molecular weight excluding hydrogens is 246 g/mol. The van der Waals surface area contributed by atoms with E-state index in [1.54, 1.807) is 24.3 Å². The Morgan fingerprint density at radius 3 is 2.53 bits per heavy atom. The highest BCUT2D eigenvalue weighted by Gasteiger charge is 2.23. The van der Waals surface area contributed by atoms with Gasteiger partial charge in [-0.3, -0.25) is 5.32 Å². The second-order valence-electron chi connectivity index (χ2n) is 5.42. The minimum atomic E-state index is -0.503. The molecule has 1 atom stereocenters. The van der Waals surface area contributed by atoms with Gasteiger partial charge in [0.25, 0.3) is 0 Å². The third kappa shape index (κ3) is 5.18. The Balaban J connectivity index is 1.81. The first-order valence-electron chi connectivity index (χ1n) is 6.27. The molecule has 1 aromatic rings. The van der Waals surface area contributed by atoms with E-state index >= 15 is 0 Å². The van der Waals surface area contributed by atoms with Crippen LogP contribution in [-0.4, -0.2) is 31.0 Å². The topological polar surface area (TPSA) is 60.1 Å². The molecule has 1 unspecified atom stereocenters. The number of nitrogens with one attached hydrogen (secondary N) is 1. The molecule has 1 aromatic carbocycles. The number of carbonyl (C=O) groups is 1. The lowest BCUT2D eigenvalue weighted by Crippen LogP contribution is -2.27. The average molecular weight is 265 g/mol. The highest BCUT2D eigenvalue weighted by atomic mass is 16.6. The Hall–Kier alpha value is -1.75. The van der Waals surface area contributed by atoms with Crippen molar-refractivity contribution in [1.82, 2.24) is 0 Å². The standard InChI is InChI=1S/C14H19NO4/c1-14(2,3)19-13(16)15-10-4-6-11(7-5-10)17-8-12-9-18-12/h4-7,12H,8-9H2,1-3H3,(H,15,16). The van der Waals surface area contributed by atoms with Gasteiger partial charge in [-0.15, -0.1) is 0 Å². The SMILES string of the molecule is CC(C)(C)OC(=O)Nc1ccc(OCC2CO2)cc1. The summed E-state index contributed by atoms with van der Waals surface area (Å²) in [6.07, 6.45) is -0.230. The maximum Gasteiger partial charge on any atom is 0.412 e. The molecule has 19 heavy (non-hydrogen) atoms. The zero-order valence-electron chi connectivity index (χ0n) is 11.4. The third-order valence-electron chi connectivity index (χ3n) is 2.34. The third-order valence-corrected chi connectivity index (χ3v) is 2.34. The Morgan fingerprint density at radius 1 is 1.37 bits per heavy atom. The molecule has 5 heteroatoms. The van der Waals surface area contributed by atoms with E-state index in [1.165, 1.54) is 0 Å². The van der Waals surface area contributed by atoms with Gasteiger partial charge >= 0.3 is 6.09 Å². The van der Waals surface area contributed by atoms with Crippen molar-refractivity contribution in [1.29, 1.82) is 0 Å². The summed E-state index contributed by atoms with van der Waals surface area (Å²) in [5.74, 6) is 0.755. The van der Waals surface area contributed by atoms with Crippen LogP contribution in [0.25, 0.3) is 0 Å². The van der Waals surface area contributed by atoms with E-state index in [0.29, 0.717) is 12.3 Å². The van der Waals surface area contributed by atoms with Gasteiger partial charge in [-0.25, -0.2) is 4.79 Å². The molecule has 1 heterocycles. The highest BCUT2D eigenvalue weighted by Crippen LogP contribution is 2.18. The van der Waals surface area contributed by atoms with Gasteiger partial charge in [0, 0.05) is 5.69 Å². The lowest BCUT2D eigenvalue weighted by Gasteiger charge is -2.19. The van der Waals surface area contributed by atoms with Crippen molar-refractivity contribution in [2.45, 2.75) is 32.5 Å². The lowest BCUT2D eigenvalue weighted by molar-refractivity contribution is 0.0636. The predicted molar refractivity (Wildman–Crippen MR) is 71.5 cm³/mol. The molecule has 0 aromatic heterocycles. The summed E-state index contributed by atoms with van der Waals surface area (Å²) in [6.45, 7) is 6.81. The minimum Gasteiger partial charge on any atom is -0.491 e. The number of amides is 1. The molecule has 1 N–H and O–H groups in total. The second-order valence-corrected chi connectivity index (χ2v) is 5.42. The predicted octanol–water partition coefficient (Wildman–Crippen LogP) is 2.81. The summed E-state index contributed by atoms with van der Waals surface area (Å²) >= 11 is 0. The average Bonchev–Trinajstić information content (AvgIpc) is 3.09. The van der Waals surface area contributed by atoms with E-state index in [1.807, 2.05) is 20.8 Å². The van der Waals surface area contributed by atoms with Crippen LogP contribution in [0.5, 0.6) is 5.75 Å². The van der Waals surface area contributed by atoms with Crippen molar-refractivity contribution in [3.8, 4) is 5.75 Å². The van der Waals surface area contributed by atoms with Gasteiger partial charge in [0.05, 0.1) is 6.61 Å². The number of benzene rings is 1. The number of carbonyl (C=O) groups excluding carboxylic acids is 1. The van der Waals surface area contributed by atoms with E-state index in [4.69, 9.17) is 14.2 Å². The Labute approximate surface area is 112 Å². The first-order valence-corrected chi connectivity index (χ1v) is 6.27. The molecule has 0 saturated carbocycles. The zero-order chi connectivity index (χ0) is 13.9. The summed E-state index contributed by atoms with van der Waals surface area (Å²) in [5, 5.41) is 2.66. The Bertz CT molecular complexity index is 432. The first kappa shape index (κ1) is 13.7. The highest BCUT2D eigenvalue weighted by molar-refractivity contribution is 5.84. The van der Waals surface area contributed by atoms with Crippen LogP contribution >= 0.6 is 0 Å². The summed E-state index contributed by atoms with van der Waals surface area (Å²) in [6, 6.07) is 7.14. The first-order chi connectivity index (χ1) is 8.92. The quantitative estimate of drug-likeness (QED) is 0.850. The van der Waals surface area contributed by atoms with Crippen LogP contribution in [0, 0.1) is 0 Å². The molecule has 0 spiro atoms. The summed E-state index contributed by atoms with van der Waals surface area (Å²) < 4.78 is 15.7. The fourth-order valence-electron chi connectivity index (χ4n) is 1.41. The molecule has 5 nitrogen and oxygen atoms in total. The van der Waals surface area contributed by atoms with Crippen LogP contribution in [0.15, 0.2) is 24.3 Å². The molecule has 0 radical (unpaired) electrons. The molecule has 0 bridgehead atoms. The van der Waals surface area contributed by atoms with Gasteiger partial charge in [-0.2, -0.15) is 0 Å². The van der Waals surface area contributed by atoms with Crippen LogP contribution in [0.1, 0.15) is 20.8 Å². The Kier molecular flexibility index (Phi) is 3.95. The fraction of sp³-hybridized carbons (Fsp3) is 0.500. The van der Waals surface area contributed by atoms with Crippen molar-refractivity contribution in [2.75, 3.05) is 18.5 Å². The van der Waals surface area contributed by atoms with Crippen molar-refractivity contribution in [3.63, 3.8) is 0 Å². The van der Waals surface area contributed by atoms with Gasteiger partial charge in [0.2, 0.25) is 0 Å². The molecule has 0 aliphatic carbocycles. The van der Waals surface area contributed by atoms with Crippen LogP contribution in [0.4, 0.5) is 10.5 Å². The molecular formula is C14H19NO4. The van der Waals surface area contributed by atoms with Gasteiger partial charge in [0.1, 0.15) is 24.1 Å². The fourth-order valence-corrected chi connectivity index (χ4v) is 1.41. The van der Waals surface area contributed by atoms with Gasteiger partial charge in [-0.05, 0) is 45.0 Å². The smallest absolute Gasteiger partial charge is 0.412 e. The maximum absolute atomic E-state index is 11.6. The van der Waals surface area contributed by atoms with Crippen molar-refractivity contribution in [3.05, 3.63) is 24.3 Å². The summed E-state index contributed by atoms with van der Waals surface area (Å²) in [5.41, 5.74) is 0.168. The number of anilines is 1. The van der Waals surface area contributed by atoms with Crippen LogP contribution in [0.3, 0.4) is 0 Å². The van der Waals surface area contributed by atoms with E-state index in [9.17, 15) is 4.79 Å². The molecule has 1 saturated heterocycles. The molecule has 1 amide bonds. The lowest BCUT2D eigenvalue weighted by atomic mass is 10.2. The molecule has 104 valence electrons. The number of hydrogen-bond donors (Lipinski definition) is 1. The number of rotatable bonds is 4. The largest absolute Gasteiger partial charge is 0.491 e. The number of hydrogen-bond acceptors (Lipinski definition) is 4. The van der Waals surface area contributed by atoms with Crippen molar-refractivity contribution in [2.24, 2.45) is 0 Å². The molecule has 2 rings (SSSR count). The van der Waals surface area contributed by atoms with Crippen molar-refractivity contribution < 1.29 is 19.0 Å². The summed E-state index contributed by atoms with van der Waals surface area (Å²) in [4.78, 5) is 11.6. The van der Waals surface area contributed by atoms with Crippen LogP contribution in [0.2, 0.25) is 0 Å². The molecule has 1 aliphatic heterocycles. The molecule has 1 fully saturated rings. The van der Waals surface area contributed by atoms with E-state index < -0.39 is 11.7 Å². The van der Waals surface area contributed by atoms with Gasteiger partial charge in [0.15, 0.2) is 0 Å². The molecule has 1 aliphatic rings. The second kappa shape index (κ2) is 5.48. The number of epoxide rings is 1. The normalized spacial score (nSPS) is 17.7. The minimum absolute atomic E-state index is 0.236. The van der Waals surface area contributed by atoms with Gasteiger partial charge in [-0.1, -0.05) is 0 Å². The summed E-state index contributed by atoms with van der Waals surface area (Å²) in [7, 11) is 0. The van der Waals surface area contributed by atoms with Gasteiger partial charge < -0.3 is 14.2 Å². The van der Waals surface area contributed by atoms with Crippen LogP contribution < -0.4 is 10.1 Å². The van der Waals surface area contributed by atoms with E-state index in [2.05, 4.69) is 5.32 Å². The Morgan fingerprint density at radius 2 is 2.00 bits per heavy atom. The maximum atomic E-state index is 11.6. The van der Waals surface area contributed by atoms with Crippen LogP contribution in [-0.2, 0) is 9.47 Å². The number of ether oxygens (including phenoxy) is 3. The van der Waals surface area contributed by atoms with E-state index in [-0.39, 0.29) is 6.10 Å².